The molecule has 2 amide bonds. The summed E-state index contributed by atoms with van der Waals surface area (Å²) in [5.74, 6) is -0.748. The third-order valence-corrected chi connectivity index (χ3v) is 4.71. The van der Waals surface area contributed by atoms with Crippen molar-refractivity contribution in [3.8, 4) is 0 Å². The number of anilines is 1. The average molecular weight is 330 g/mol. The van der Waals surface area contributed by atoms with Crippen LogP contribution in [-0.2, 0) is 14.3 Å². The van der Waals surface area contributed by atoms with Crippen LogP contribution in [0.3, 0.4) is 0 Å². The first-order chi connectivity index (χ1) is 11.6. The Balaban J connectivity index is 1.57. The molecule has 2 fully saturated rings. The Morgan fingerprint density at radius 3 is 2.54 bits per heavy atom. The Morgan fingerprint density at radius 1 is 1.25 bits per heavy atom. The first kappa shape index (κ1) is 16.5. The summed E-state index contributed by atoms with van der Waals surface area (Å²) in [7, 11) is 0. The van der Waals surface area contributed by atoms with Crippen molar-refractivity contribution in [1.29, 1.82) is 0 Å². The second kappa shape index (κ2) is 7.03. The summed E-state index contributed by atoms with van der Waals surface area (Å²) in [6.45, 7) is 2.59. The van der Waals surface area contributed by atoms with E-state index in [9.17, 15) is 14.4 Å². The van der Waals surface area contributed by atoms with Crippen molar-refractivity contribution < 1.29 is 19.1 Å². The maximum atomic E-state index is 12.4. The Bertz CT molecular complexity index is 637. The van der Waals surface area contributed by atoms with Crippen molar-refractivity contribution in [3.63, 3.8) is 0 Å². The highest BCUT2D eigenvalue weighted by Crippen LogP contribution is 2.31. The summed E-state index contributed by atoms with van der Waals surface area (Å²) < 4.78 is 4.92. The maximum absolute atomic E-state index is 12.4. The van der Waals surface area contributed by atoms with Gasteiger partial charge in [-0.2, -0.15) is 0 Å². The minimum Gasteiger partial charge on any atom is -0.462 e. The standard InChI is InChI=1S/C18H22N2O4/c1-2-24-18(23)12-6-8-14(9-7-12)19-17(22)13-10-16(21)20(11-13)15-4-3-5-15/h6-9,13,15H,2-5,10-11H2,1H3,(H,19,22). The number of esters is 1. The lowest BCUT2D eigenvalue weighted by atomic mass is 9.92. The molecule has 1 heterocycles. The van der Waals surface area contributed by atoms with Gasteiger partial charge >= 0.3 is 5.97 Å². The third kappa shape index (κ3) is 3.42. The number of nitrogens with one attached hydrogen (secondary N) is 1. The fourth-order valence-electron chi connectivity index (χ4n) is 3.11. The van der Waals surface area contributed by atoms with E-state index in [1.54, 1.807) is 31.2 Å². The van der Waals surface area contributed by atoms with Crippen molar-refractivity contribution in [1.82, 2.24) is 4.90 Å². The molecule has 1 saturated carbocycles. The van der Waals surface area contributed by atoms with Gasteiger partial charge in [0.1, 0.15) is 0 Å². The van der Waals surface area contributed by atoms with Crippen LogP contribution >= 0.6 is 0 Å². The Kier molecular flexibility index (Phi) is 4.83. The van der Waals surface area contributed by atoms with Gasteiger partial charge in [-0.1, -0.05) is 0 Å². The van der Waals surface area contributed by atoms with Crippen molar-refractivity contribution >= 4 is 23.5 Å². The SMILES string of the molecule is CCOC(=O)c1ccc(NC(=O)C2CC(=O)N(C3CCC3)C2)cc1. The Hall–Kier alpha value is -2.37. The first-order valence-electron chi connectivity index (χ1n) is 8.46. The van der Waals surface area contributed by atoms with E-state index in [0.717, 1.165) is 19.3 Å². The molecular weight excluding hydrogens is 308 g/mol. The highest BCUT2D eigenvalue weighted by Gasteiger charge is 2.39. The normalized spacial score (nSPS) is 20.6. The smallest absolute Gasteiger partial charge is 0.338 e. The summed E-state index contributed by atoms with van der Waals surface area (Å²) >= 11 is 0. The minimum atomic E-state index is -0.382. The van der Waals surface area contributed by atoms with E-state index in [0.29, 0.717) is 30.4 Å². The molecule has 1 aromatic carbocycles. The van der Waals surface area contributed by atoms with Crippen molar-refractivity contribution in [2.24, 2.45) is 5.92 Å². The van der Waals surface area contributed by atoms with Crippen LogP contribution in [0.15, 0.2) is 24.3 Å². The van der Waals surface area contributed by atoms with Gasteiger partial charge in [-0.15, -0.1) is 0 Å². The lowest BCUT2D eigenvalue weighted by molar-refractivity contribution is -0.131. The van der Waals surface area contributed by atoms with Crippen LogP contribution in [0.5, 0.6) is 0 Å². The number of ether oxygens (including phenoxy) is 1. The van der Waals surface area contributed by atoms with Crippen molar-refractivity contribution in [2.75, 3.05) is 18.5 Å². The van der Waals surface area contributed by atoms with Gasteiger partial charge in [-0.3, -0.25) is 9.59 Å². The number of nitrogens with zero attached hydrogens (tertiary/aromatic N) is 1. The summed E-state index contributed by atoms with van der Waals surface area (Å²) in [5.41, 5.74) is 1.06. The molecule has 1 aromatic rings. The van der Waals surface area contributed by atoms with E-state index in [2.05, 4.69) is 5.32 Å². The van der Waals surface area contributed by atoms with E-state index in [4.69, 9.17) is 4.74 Å². The van der Waals surface area contributed by atoms with Gasteiger partial charge in [0.05, 0.1) is 18.1 Å². The average Bonchev–Trinajstić information content (AvgIpc) is 2.88. The third-order valence-electron chi connectivity index (χ3n) is 4.71. The topological polar surface area (TPSA) is 75.7 Å². The van der Waals surface area contributed by atoms with Gasteiger partial charge in [0, 0.05) is 24.7 Å². The molecule has 128 valence electrons. The van der Waals surface area contributed by atoms with E-state index >= 15 is 0 Å². The maximum Gasteiger partial charge on any atom is 0.338 e. The molecule has 6 nitrogen and oxygen atoms in total. The van der Waals surface area contributed by atoms with Gasteiger partial charge in [0.25, 0.3) is 0 Å². The quantitative estimate of drug-likeness (QED) is 0.840. The van der Waals surface area contributed by atoms with E-state index in [-0.39, 0.29) is 30.1 Å². The van der Waals surface area contributed by atoms with Gasteiger partial charge in [0.2, 0.25) is 11.8 Å². The van der Waals surface area contributed by atoms with Gasteiger partial charge in [-0.05, 0) is 50.5 Å². The Labute approximate surface area is 141 Å². The monoisotopic (exact) mass is 330 g/mol. The zero-order valence-electron chi connectivity index (χ0n) is 13.8. The molecule has 1 atom stereocenters. The van der Waals surface area contributed by atoms with Gasteiger partial charge in [0.15, 0.2) is 0 Å². The summed E-state index contributed by atoms with van der Waals surface area (Å²) in [5, 5.41) is 2.83. The van der Waals surface area contributed by atoms with Crippen LogP contribution in [0.25, 0.3) is 0 Å². The first-order valence-corrected chi connectivity index (χ1v) is 8.46. The molecule has 1 aliphatic heterocycles. The lowest BCUT2D eigenvalue weighted by Gasteiger charge is -2.34. The highest BCUT2D eigenvalue weighted by molar-refractivity contribution is 5.97. The molecule has 6 heteroatoms. The molecule has 0 radical (unpaired) electrons. The summed E-state index contributed by atoms with van der Waals surface area (Å²) in [6, 6.07) is 6.91. The van der Waals surface area contributed by atoms with Crippen molar-refractivity contribution in [2.45, 2.75) is 38.6 Å². The number of amides is 2. The van der Waals surface area contributed by atoms with Crippen LogP contribution in [0.2, 0.25) is 0 Å². The highest BCUT2D eigenvalue weighted by atomic mass is 16.5. The second-order valence-electron chi connectivity index (χ2n) is 6.32. The number of carbonyl (C=O) groups is 3. The van der Waals surface area contributed by atoms with Gasteiger partial charge in [-0.25, -0.2) is 4.79 Å². The van der Waals surface area contributed by atoms with Crippen LogP contribution in [0.4, 0.5) is 5.69 Å². The number of hydrogen-bond acceptors (Lipinski definition) is 4. The van der Waals surface area contributed by atoms with Crippen LogP contribution in [0, 0.1) is 5.92 Å². The fraction of sp³-hybridized carbons (Fsp3) is 0.500. The molecule has 2 aliphatic rings. The van der Waals surface area contributed by atoms with Crippen LogP contribution < -0.4 is 5.32 Å². The zero-order valence-corrected chi connectivity index (χ0v) is 13.8. The van der Waals surface area contributed by atoms with E-state index in [1.165, 1.54) is 0 Å². The zero-order chi connectivity index (χ0) is 17.1. The number of benzene rings is 1. The lowest BCUT2D eigenvalue weighted by Crippen LogP contribution is -2.41. The number of rotatable bonds is 5. The molecule has 0 bridgehead atoms. The second-order valence-corrected chi connectivity index (χ2v) is 6.32. The molecule has 1 saturated heterocycles. The van der Waals surface area contributed by atoms with E-state index in [1.807, 2.05) is 4.90 Å². The minimum absolute atomic E-state index is 0.0810. The fourth-order valence-corrected chi connectivity index (χ4v) is 3.11. The molecule has 1 unspecified atom stereocenters. The Morgan fingerprint density at radius 2 is 1.96 bits per heavy atom. The molecule has 0 aromatic heterocycles. The molecule has 3 rings (SSSR count). The number of hydrogen-bond donors (Lipinski definition) is 1. The van der Waals surface area contributed by atoms with Crippen LogP contribution in [-0.4, -0.2) is 41.9 Å². The van der Waals surface area contributed by atoms with Crippen LogP contribution in [0.1, 0.15) is 43.0 Å². The van der Waals surface area contributed by atoms with Gasteiger partial charge < -0.3 is 15.0 Å². The molecule has 1 N–H and O–H groups in total. The largest absolute Gasteiger partial charge is 0.462 e. The molecule has 1 aliphatic carbocycles. The predicted molar refractivity (Wildman–Crippen MR) is 88.5 cm³/mol. The summed E-state index contributed by atoms with van der Waals surface area (Å²) in [4.78, 5) is 37.9. The van der Waals surface area contributed by atoms with E-state index < -0.39 is 0 Å². The number of carbonyl (C=O) groups excluding carboxylic acids is 3. The summed E-state index contributed by atoms with van der Waals surface area (Å²) in [6.07, 6.45) is 3.55. The number of likely N-dealkylation sites (tertiary alicyclic amines) is 1. The molecule has 24 heavy (non-hydrogen) atoms. The molecular formula is C18H22N2O4. The van der Waals surface area contributed by atoms with Crippen molar-refractivity contribution in [3.05, 3.63) is 29.8 Å². The predicted octanol–water partition coefficient (Wildman–Crippen LogP) is 2.20. The molecule has 0 spiro atoms.